The number of carbonyl (C=O) groups is 1. The molecule has 1 saturated heterocycles. The standard InChI is InChI=1S/C18H27FN4O4/c1-18(2,3)27-17(25)22-9-13(8-19)12-26-15-10-20-16(21-11-15)23-6-4-14(24)5-7-23/h8,10-11,14,24H,4-7,9,12H2,1-3H3,(H,22,25)/b13-8-. The number of amides is 1. The molecule has 1 aromatic rings. The number of piperidine rings is 1. The Hall–Kier alpha value is -2.42. The summed E-state index contributed by atoms with van der Waals surface area (Å²) in [7, 11) is 0. The molecule has 0 atom stereocenters. The van der Waals surface area contributed by atoms with Crippen molar-refractivity contribution < 1.29 is 23.8 Å². The van der Waals surface area contributed by atoms with Gasteiger partial charge in [-0.15, -0.1) is 0 Å². The third kappa shape index (κ3) is 7.38. The lowest BCUT2D eigenvalue weighted by molar-refractivity contribution is 0.0531. The molecular weight excluding hydrogens is 355 g/mol. The number of aliphatic hydroxyl groups is 1. The molecule has 0 bridgehead atoms. The molecule has 2 heterocycles. The molecule has 0 spiro atoms. The van der Waals surface area contributed by atoms with Crippen LogP contribution in [0.2, 0.25) is 0 Å². The summed E-state index contributed by atoms with van der Waals surface area (Å²) in [4.78, 5) is 22.1. The van der Waals surface area contributed by atoms with Crippen molar-refractivity contribution in [3.8, 4) is 5.75 Å². The van der Waals surface area contributed by atoms with Gasteiger partial charge in [0.1, 0.15) is 12.2 Å². The quantitative estimate of drug-likeness (QED) is 0.778. The van der Waals surface area contributed by atoms with E-state index in [-0.39, 0.29) is 24.8 Å². The van der Waals surface area contributed by atoms with Crippen LogP contribution < -0.4 is 15.0 Å². The fraction of sp³-hybridized carbons (Fsp3) is 0.611. The monoisotopic (exact) mass is 382 g/mol. The molecule has 8 nitrogen and oxygen atoms in total. The Labute approximate surface area is 158 Å². The van der Waals surface area contributed by atoms with Crippen LogP contribution in [0.1, 0.15) is 33.6 Å². The van der Waals surface area contributed by atoms with E-state index in [9.17, 15) is 14.3 Å². The second-order valence-corrected chi connectivity index (χ2v) is 7.35. The van der Waals surface area contributed by atoms with E-state index in [1.54, 1.807) is 20.8 Å². The number of aliphatic hydroxyl groups excluding tert-OH is 1. The summed E-state index contributed by atoms with van der Waals surface area (Å²) in [5, 5.41) is 12.0. The summed E-state index contributed by atoms with van der Waals surface area (Å²) >= 11 is 0. The predicted octanol–water partition coefficient (Wildman–Crippen LogP) is 2.19. The fourth-order valence-corrected chi connectivity index (χ4v) is 2.41. The van der Waals surface area contributed by atoms with Gasteiger partial charge in [-0.25, -0.2) is 19.2 Å². The van der Waals surface area contributed by atoms with Gasteiger partial charge >= 0.3 is 6.09 Å². The van der Waals surface area contributed by atoms with Crippen LogP contribution in [0.3, 0.4) is 0 Å². The van der Waals surface area contributed by atoms with Crippen LogP contribution in [0.15, 0.2) is 24.3 Å². The average molecular weight is 382 g/mol. The van der Waals surface area contributed by atoms with Gasteiger partial charge in [-0.2, -0.15) is 0 Å². The van der Waals surface area contributed by atoms with Gasteiger partial charge in [0.25, 0.3) is 0 Å². The topological polar surface area (TPSA) is 96.8 Å². The van der Waals surface area contributed by atoms with E-state index >= 15 is 0 Å². The Balaban J connectivity index is 1.78. The van der Waals surface area contributed by atoms with Gasteiger partial charge in [-0.05, 0) is 33.6 Å². The molecule has 1 aliphatic rings. The van der Waals surface area contributed by atoms with Gasteiger partial charge in [0.15, 0.2) is 5.75 Å². The lowest BCUT2D eigenvalue weighted by atomic mass is 10.1. The molecule has 0 radical (unpaired) electrons. The zero-order chi connectivity index (χ0) is 19.9. The van der Waals surface area contributed by atoms with E-state index in [4.69, 9.17) is 9.47 Å². The number of alkyl carbamates (subject to hydrolysis) is 1. The van der Waals surface area contributed by atoms with Crippen LogP contribution in [0.4, 0.5) is 15.1 Å². The van der Waals surface area contributed by atoms with E-state index in [0.29, 0.717) is 44.0 Å². The van der Waals surface area contributed by atoms with Crippen LogP contribution in [0, 0.1) is 0 Å². The van der Waals surface area contributed by atoms with Crippen LogP contribution in [-0.2, 0) is 4.74 Å². The predicted molar refractivity (Wildman–Crippen MR) is 98.4 cm³/mol. The molecule has 0 unspecified atom stereocenters. The van der Waals surface area contributed by atoms with Crippen molar-refractivity contribution in [1.82, 2.24) is 15.3 Å². The third-order valence-electron chi connectivity index (χ3n) is 3.80. The van der Waals surface area contributed by atoms with Crippen LogP contribution in [0.5, 0.6) is 5.75 Å². The van der Waals surface area contributed by atoms with Gasteiger partial charge in [-0.3, -0.25) is 0 Å². The summed E-state index contributed by atoms with van der Waals surface area (Å²) in [6.07, 6.45) is 3.93. The maximum absolute atomic E-state index is 13.0. The maximum atomic E-state index is 13.0. The summed E-state index contributed by atoms with van der Waals surface area (Å²) in [5.74, 6) is 0.967. The Morgan fingerprint density at radius 1 is 1.37 bits per heavy atom. The summed E-state index contributed by atoms with van der Waals surface area (Å²) < 4.78 is 23.6. The van der Waals surface area contributed by atoms with E-state index in [1.807, 2.05) is 4.90 Å². The van der Waals surface area contributed by atoms with Gasteiger partial charge in [0, 0.05) is 25.2 Å². The first-order valence-electron chi connectivity index (χ1n) is 8.89. The number of hydrogen-bond acceptors (Lipinski definition) is 7. The molecule has 1 aromatic heterocycles. The highest BCUT2D eigenvalue weighted by atomic mass is 19.1. The first-order chi connectivity index (χ1) is 12.8. The molecule has 1 fully saturated rings. The Morgan fingerprint density at radius 2 is 2.00 bits per heavy atom. The molecule has 150 valence electrons. The van der Waals surface area contributed by atoms with Crippen LogP contribution in [0.25, 0.3) is 0 Å². The van der Waals surface area contributed by atoms with Crippen molar-refractivity contribution in [3.63, 3.8) is 0 Å². The lowest BCUT2D eigenvalue weighted by Crippen LogP contribution is -2.36. The normalized spacial score (nSPS) is 16.2. The number of hydrogen-bond donors (Lipinski definition) is 2. The summed E-state index contributed by atoms with van der Waals surface area (Å²) in [6.45, 7) is 6.57. The molecule has 0 saturated carbocycles. The number of carbonyl (C=O) groups excluding carboxylic acids is 1. The van der Waals surface area contributed by atoms with Crippen molar-refractivity contribution in [1.29, 1.82) is 0 Å². The van der Waals surface area contributed by atoms with Crippen molar-refractivity contribution in [2.45, 2.75) is 45.3 Å². The molecule has 27 heavy (non-hydrogen) atoms. The SMILES string of the molecule is CC(C)(C)OC(=O)NC/C(=C/F)COc1cnc(N2CCC(O)CC2)nc1. The van der Waals surface area contributed by atoms with Crippen molar-refractivity contribution in [2.75, 3.05) is 31.1 Å². The second-order valence-electron chi connectivity index (χ2n) is 7.35. The smallest absolute Gasteiger partial charge is 0.407 e. The number of nitrogens with one attached hydrogen (secondary N) is 1. The van der Waals surface area contributed by atoms with Crippen molar-refractivity contribution in [2.24, 2.45) is 0 Å². The Morgan fingerprint density at radius 3 is 2.56 bits per heavy atom. The van der Waals surface area contributed by atoms with Crippen LogP contribution in [-0.4, -0.2) is 59.1 Å². The number of halogens is 1. The third-order valence-corrected chi connectivity index (χ3v) is 3.80. The minimum absolute atomic E-state index is 0.0273. The second kappa shape index (κ2) is 9.50. The van der Waals surface area contributed by atoms with Gasteiger partial charge in [0.2, 0.25) is 5.95 Å². The molecule has 0 aliphatic carbocycles. The number of ether oxygens (including phenoxy) is 2. The fourth-order valence-electron chi connectivity index (χ4n) is 2.41. The zero-order valence-corrected chi connectivity index (χ0v) is 15.9. The number of nitrogens with zero attached hydrogens (tertiary/aromatic N) is 3. The van der Waals surface area contributed by atoms with Crippen LogP contribution >= 0.6 is 0 Å². The first kappa shape index (κ1) is 20.9. The van der Waals surface area contributed by atoms with Gasteiger partial charge in [-0.1, -0.05) is 0 Å². The van der Waals surface area contributed by atoms with Gasteiger partial charge < -0.3 is 24.8 Å². The Bertz CT molecular complexity index is 638. The van der Waals surface area contributed by atoms with E-state index in [1.165, 1.54) is 12.4 Å². The Kier molecular flexibility index (Phi) is 7.35. The average Bonchev–Trinajstić information content (AvgIpc) is 2.61. The first-order valence-corrected chi connectivity index (χ1v) is 8.89. The summed E-state index contributed by atoms with van der Waals surface area (Å²) in [6, 6.07) is 0. The largest absolute Gasteiger partial charge is 0.486 e. The summed E-state index contributed by atoms with van der Waals surface area (Å²) in [5.41, 5.74) is -0.374. The highest BCUT2D eigenvalue weighted by Gasteiger charge is 2.19. The molecule has 2 rings (SSSR count). The van der Waals surface area contributed by atoms with Crippen molar-refractivity contribution >= 4 is 12.0 Å². The molecule has 2 N–H and O–H groups in total. The number of anilines is 1. The zero-order valence-electron chi connectivity index (χ0n) is 15.9. The van der Waals surface area contributed by atoms with E-state index in [2.05, 4.69) is 15.3 Å². The van der Waals surface area contributed by atoms with E-state index < -0.39 is 11.7 Å². The molecule has 9 heteroatoms. The van der Waals surface area contributed by atoms with Gasteiger partial charge in [0.05, 0.1) is 24.8 Å². The highest BCUT2D eigenvalue weighted by Crippen LogP contribution is 2.17. The number of aromatic nitrogens is 2. The minimum atomic E-state index is -0.624. The molecule has 1 amide bonds. The highest BCUT2D eigenvalue weighted by molar-refractivity contribution is 5.68. The van der Waals surface area contributed by atoms with E-state index in [0.717, 1.165) is 0 Å². The molecular formula is C18H27FN4O4. The van der Waals surface area contributed by atoms with Crippen molar-refractivity contribution in [3.05, 3.63) is 24.3 Å². The lowest BCUT2D eigenvalue weighted by Gasteiger charge is -2.29. The maximum Gasteiger partial charge on any atom is 0.407 e. The minimum Gasteiger partial charge on any atom is -0.486 e. The molecule has 1 aliphatic heterocycles. The number of rotatable bonds is 6. The molecule has 0 aromatic carbocycles.